The molecule has 0 spiro atoms. The van der Waals surface area contributed by atoms with Gasteiger partial charge in [-0.05, 0) is 36.3 Å². The fraction of sp³-hybridized carbons (Fsp3) is 0.200. The average Bonchev–Trinajstić information content (AvgIpc) is 3.06. The summed E-state index contributed by atoms with van der Waals surface area (Å²) in [7, 11) is 1.57. The summed E-state index contributed by atoms with van der Waals surface area (Å²) in [4.78, 5) is 25.8. The Kier molecular flexibility index (Phi) is 5.14. The first-order valence-corrected chi connectivity index (χ1v) is 8.20. The highest BCUT2D eigenvalue weighted by atomic mass is 16.5. The van der Waals surface area contributed by atoms with Gasteiger partial charge in [0.15, 0.2) is 0 Å². The quantitative estimate of drug-likeness (QED) is 0.851. The highest BCUT2D eigenvalue weighted by Gasteiger charge is 2.24. The van der Waals surface area contributed by atoms with E-state index in [9.17, 15) is 9.59 Å². The van der Waals surface area contributed by atoms with E-state index in [4.69, 9.17) is 4.74 Å². The third kappa shape index (κ3) is 4.07. The van der Waals surface area contributed by atoms with Crippen LogP contribution in [0, 0.1) is 0 Å². The van der Waals surface area contributed by atoms with Crippen molar-refractivity contribution in [1.29, 1.82) is 0 Å². The molecule has 0 aromatic heterocycles. The summed E-state index contributed by atoms with van der Waals surface area (Å²) in [6, 6.07) is 14.9. The second-order valence-corrected chi connectivity index (χ2v) is 5.77. The lowest BCUT2D eigenvalue weighted by Crippen LogP contribution is -2.24. The van der Waals surface area contributed by atoms with Crippen LogP contribution in [0.3, 0.4) is 0 Å². The molecule has 3 rings (SSSR count). The van der Waals surface area contributed by atoms with Gasteiger partial charge in [-0.3, -0.25) is 9.59 Å². The first-order valence-electron chi connectivity index (χ1n) is 8.20. The zero-order valence-corrected chi connectivity index (χ0v) is 14.1. The Labute approximate surface area is 146 Å². The Balaban J connectivity index is 1.75. The smallest absolute Gasteiger partial charge is 0.248 e. The number of hydrogen-bond acceptors (Lipinski definition) is 3. The third-order valence-electron chi connectivity index (χ3n) is 4.04. The number of benzene rings is 2. The van der Waals surface area contributed by atoms with Crippen molar-refractivity contribution in [2.45, 2.75) is 12.8 Å². The van der Waals surface area contributed by atoms with E-state index in [1.165, 1.54) is 6.08 Å². The van der Waals surface area contributed by atoms with E-state index >= 15 is 0 Å². The van der Waals surface area contributed by atoms with Crippen LogP contribution in [-0.4, -0.2) is 25.5 Å². The van der Waals surface area contributed by atoms with Crippen molar-refractivity contribution in [2.24, 2.45) is 0 Å². The molecule has 1 heterocycles. The molecule has 2 amide bonds. The van der Waals surface area contributed by atoms with Crippen LogP contribution in [0.1, 0.15) is 18.4 Å². The normalized spacial score (nSPS) is 14.1. The highest BCUT2D eigenvalue weighted by Crippen LogP contribution is 2.34. The van der Waals surface area contributed by atoms with Crippen molar-refractivity contribution >= 4 is 29.3 Å². The lowest BCUT2D eigenvalue weighted by atomic mass is 10.2. The number of amides is 2. The molecule has 25 heavy (non-hydrogen) atoms. The van der Waals surface area contributed by atoms with Gasteiger partial charge in [-0.15, -0.1) is 0 Å². The van der Waals surface area contributed by atoms with Crippen LogP contribution in [-0.2, 0) is 9.59 Å². The fourth-order valence-corrected chi connectivity index (χ4v) is 2.80. The summed E-state index contributed by atoms with van der Waals surface area (Å²) in [6.07, 6.45) is 4.61. The summed E-state index contributed by atoms with van der Waals surface area (Å²) in [6.45, 7) is 0.667. The summed E-state index contributed by atoms with van der Waals surface area (Å²) in [5.41, 5.74) is 2.27. The number of nitrogens with zero attached hydrogens (tertiary/aromatic N) is 1. The Bertz CT molecular complexity index is 800. The Morgan fingerprint density at radius 2 is 2.00 bits per heavy atom. The van der Waals surface area contributed by atoms with Gasteiger partial charge >= 0.3 is 0 Å². The average molecular weight is 336 g/mol. The number of anilines is 2. The maximum atomic E-state index is 12.1. The minimum absolute atomic E-state index is 0.0748. The number of rotatable bonds is 5. The van der Waals surface area contributed by atoms with Gasteiger partial charge < -0.3 is 15.0 Å². The maximum Gasteiger partial charge on any atom is 0.248 e. The summed E-state index contributed by atoms with van der Waals surface area (Å²) in [5.74, 6) is 0.464. The minimum atomic E-state index is -0.229. The SMILES string of the molecule is COc1ccc(NC(=O)/C=C/c2ccccc2)cc1N1CCCC1=O. The van der Waals surface area contributed by atoms with Gasteiger partial charge in [-0.25, -0.2) is 0 Å². The Morgan fingerprint density at radius 3 is 2.68 bits per heavy atom. The predicted octanol–water partition coefficient (Wildman–Crippen LogP) is 3.47. The van der Waals surface area contributed by atoms with Gasteiger partial charge in [0.05, 0.1) is 12.8 Å². The molecule has 2 aromatic carbocycles. The van der Waals surface area contributed by atoms with Crippen molar-refractivity contribution in [3.63, 3.8) is 0 Å². The van der Waals surface area contributed by atoms with E-state index in [-0.39, 0.29) is 11.8 Å². The lowest BCUT2D eigenvalue weighted by molar-refractivity contribution is -0.117. The fourth-order valence-electron chi connectivity index (χ4n) is 2.80. The van der Waals surface area contributed by atoms with Gasteiger partial charge in [0, 0.05) is 24.7 Å². The molecular formula is C20H20N2O3. The third-order valence-corrected chi connectivity index (χ3v) is 4.04. The molecule has 0 unspecified atom stereocenters. The van der Waals surface area contributed by atoms with Gasteiger partial charge in [-0.2, -0.15) is 0 Å². The molecular weight excluding hydrogens is 316 g/mol. The molecule has 1 aliphatic rings. The molecule has 1 saturated heterocycles. The number of carbonyl (C=O) groups is 2. The number of ether oxygens (including phenoxy) is 1. The first-order chi connectivity index (χ1) is 12.2. The topological polar surface area (TPSA) is 58.6 Å². The van der Waals surface area contributed by atoms with Crippen molar-refractivity contribution in [3.05, 3.63) is 60.2 Å². The van der Waals surface area contributed by atoms with Crippen molar-refractivity contribution in [3.8, 4) is 5.75 Å². The van der Waals surface area contributed by atoms with E-state index in [2.05, 4.69) is 5.32 Å². The first kappa shape index (κ1) is 16.8. The van der Waals surface area contributed by atoms with Crippen LogP contribution in [0.25, 0.3) is 6.08 Å². The zero-order chi connectivity index (χ0) is 17.6. The van der Waals surface area contributed by atoms with Crippen molar-refractivity contribution in [1.82, 2.24) is 0 Å². The van der Waals surface area contributed by atoms with Crippen LogP contribution < -0.4 is 15.0 Å². The molecule has 1 aliphatic heterocycles. The van der Waals surface area contributed by atoms with Crippen LogP contribution in [0.2, 0.25) is 0 Å². The standard InChI is InChI=1S/C20H20N2O3/c1-25-18-11-10-16(14-17(18)22-13-5-8-20(22)24)21-19(23)12-9-15-6-3-2-4-7-15/h2-4,6-7,9-12,14H,5,8,13H2,1H3,(H,21,23)/b12-9+. The van der Waals surface area contributed by atoms with Crippen LogP contribution >= 0.6 is 0 Å². The van der Waals surface area contributed by atoms with Gasteiger partial charge in [0.2, 0.25) is 11.8 Å². The number of methoxy groups -OCH3 is 1. The summed E-state index contributed by atoms with van der Waals surface area (Å²) < 4.78 is 5.35. The molecule has 2 aromatic rings. The number of hydrogen-bond donors (Lipinski definition) is 1. The maximum absolute atomic E-state index is 12.1. The Morgan fingerprint density at radius 1 is 1.20 bits per heavy atom. The molecule has 0 saturated carbocycles. The Hall–Kier alpha value is -3.08. The highest BCUT2D eigenvalue weighted by molar-refractivity contribution is 6.03. The van der Waals surface area contributed by atoms with Crippen LogP contribution in [0.4, 0.5) is 11.4 Å². The van der Waals surface area contributed by atoms with E-state index in [0.29, 0.717) is 30.1 Å². The molecule has 0 aliphatic carbocycles. The van der Waals surface area contributed by atoms with Gasteiger partial charge in [0.1, 0.15) is 5.75 Å². The number of nitrogens with one attached hydrogen (secondary N) is 1. The molecule has 5 heteroatoms. The van der Waals surface area contributed by atoms with Crippen LogP contribution in [0.5, 0.6) is 5.75 Å². The molecule has 0 radical (unpaired) electrons. The molecule has 128 valence electrons. The van der Waals surface area contributed by atoms with E-state index in [0.717, 1.165) is 12.0 Å². The van der Waals surface area contributed by atoms with E-state index < -0.39 is 0 Å². The van der Waals surface area contributed by atoms with Crippen LogP contribution in [0.15, 0.2) is 54.6 Å². The molecule has 5 nitrogen and oxygen atoms in total. The largest absolute Gasteiger partial charge is 0.495 e. The summed E-state index contributed by atoms with van der Waals surface area (Å²) >= 11 is 0. The minimum Gasteiger partial charge on any atom is -0.495 e. The molecule has 1 N–H and O–H groups in total. The van der Waals surface area contributed by atoms with E-state index in [1.807, 2.05) is 30.3 Å². The molecule has 0 atom stereocenters. The number of carbonyl (C=O) groups excluding carboxylic acids is 2. The van der Waals surface area contributed by atoms with E-state index in [1.54, 1.807) is 36.3 Å². The second kappa shape index (κ2) is 7.66. The van der Waals surface area contributed by atoms with Crippen molar-refractivity contribution < 1.29 is 14.3 Å². The summed E-state index contributed by atoms with van der Waals surface area (Å²) in [5, 5.41) is 2.82. The molecule has 1 fully saturated rings. The second-order valence-electron chi connectivity index (χ2n) is 5.77. The van der Waals surface area contributed by atoms with Crippen molar-refractivity contribution in [2.75, 3.05) is 23.9 Å². The van der Waals surface area contributed by atoms with Gasteiger partial charge in [0.25, 0.3) is 0 Å². The zero-order valence-electron chi connectivity index (χ0n) is 14.1. The lowest BCUT2D eigenvalue weighted by Gasteiger charge is -2.20. The monoisotopic (exact) mass is 336 g/mol. The van der Waals surface area contributed by atoms with Gasteiger partial charge in [-0.1, -0.05) is 30.3 Å². The molecule has 0 bridgehead atoms. The predicted molar refractivity (Wildman–Crippen MR) is 98.7 cm³/mol.